The van der Waals surface area contributed by atoms with E-state index >= 15 is 0 Å². The van der Waals surface area contributed by atoms with E-state index in [1.807, 2.05) is 24.0 Å². The van der Waals surface area contributed by atoms with Gasteiger partial charge in [0.1, 0.15) is 5.69 Å². The van der Waals surface area contributed by atoms with Gasteiger partial charge in [-0.25, -0.2) is 4.98 Å². The molecule has 0 saturated carbocycles. The molecule has 6 heteroatoms. The summed E-state index contributed by atoms with van der Waals surface area (Å²) in [5.74, 6) is 1.45. The van der Waals surface area contributed by atoms with Gasteiger partial charge < -0.3 is 14.6 Å². The number of carbonyl (C=O) groups is 1. The van der Waals surface area contributed by atoms with Gasteiger partial charge in [-0.3, -0.25) is 4.79 Å². The lowest BCUT2D eigenvalue weighted by Gasteiger charge is -2.31. The predicted octanol–water partition coefficient (Wildman–Crippen LogP) is 3.17. The van der Waals surface area contributed by atoms with Gasteiger partial charge in [-0.1, -0.05) is 6.92 Å². The van der Waals surface area contributed by atoms with Gasteiger partial charge in [-0.05, 0) is 50.9 Å². The van der Waals surface area contributed by atoms with E-state index in [9.17, 15) is 4.79 Å². The summed E-state index contributed by atoms with van der Waals surface area (Å²) >= 11 is 1.51. The van der Waals surface area contributed by atoms with Crippen LogP contribution in [0.15, 0.2) is 22.8 Å². The molecule has 2 aromatic rings. The van der Waals surface area contributed by atoms with Crippen LogP contribution in [-0.2, 0) is 0 Å². The molecule has 3 heterocycles. The van der Waals surface area contributed by atoms with Crippen LogP contribution < -0.4 is 5.32 Å². The molecule has 0 atom stereocenters. The minimum absolute atomic E-state index is 0.0541. The van der Waals surface area contributed by atoms with E-state index in [2.05, 4.69) is 17.2 Å². The summed E-state index contributed by atoms with van der Waals surface area (Å²) < 4.78 is 5.38. The van der Waals surface area contributed by atoms with Crippen LogP contribution >= 0.6 is 11.3 Å². The monoisotopic (exact) mass is 333 g/mol. The van der Waals surface area contributed by atoms with Crippen LogP contribution in [0.4, 0.5) is 0 Å². The van der Waals surface area contributed by atoms with E-state index in [1.165, 1.54) is 11.3 Å². The van der Waals surface area contributed by atoms with Crippen molar-refractivity contribution in [3.05, 3.63) is 29.0 Å². The third-order valence-electron chi connectivity index (χ3n) is 4.32. The molecule has 1 aliphatic rings. The maximum atomic E-state index is 12.7. The van der Waals surface area contributed by atoms with Crippen molar-refractivity contribution in [2.45, 2.75) is 26.7 Å². The normalized spacial score (nSPS) is 16.0. The highest BCUT2D eigenvalue weighted by molar-refractivity contribution is 7.15. The van der Waals surface area contributed by atoms with Crippen molar-refractivity contribution in [3.8, 4) is 10.8 Å². The van der Waals surface area contributed by atoms with Crippen molar-refractivity contribution in [1.29, 1.82) is 0 Å². The van der Waals surface area contributed by atoms with E-state index in [0.29, 0.717) is 11.6 Å². The zero-order valence-corrected chi connectivity index (χ0v) is 14.5. The summed E-state index contributed by atoms with van der Waals surface area (Å²) in [4.78, 5) is 20.2. The van der Waals surface area contributed by atoms with Crippen LogP contribution in [-0.4, -0.2) is 42.0 Å². The van der Waals surface area contributed by atoms with Gasteiger partial charge in [0, 0.05) is 18.0 Å². The molecule has 0 aromatic carbocycles. The molecular weight excluding hydrogens is 310 g/mol. The first-order valence-corrected chi connectivity index (χ1v) is 9.02. The van der Waals surface area contributed by atoms with Gasteiger partial charge in [0.15, 0.2) is 10.8 Å². The molecule has 1 N–H and O–H groups in total. The van der Waals surface area contributed by atoms with E-state index < -0.39 is 0 Å². The second-order valence-corrected chi connectivity index (χ2v) is 7.15. The van der Waals surface area contributed by atoms with Gasteiger partial charge in [0.05, 0.1) is 6.26 Å². The molecule has 0 bridgehead atoms. The highest BCUT2D eigenvalue weighted by atomic mass is 32.1. The van der Waals surface area contributed by atoms with E-state index in [1.54, 1.807) is 6.26 Å². The fourth-order valence-electron chi connectivity index (χ4n) is 2.94. The predicted molar refractivity (Wildman–Crippen MR) is 91.7 cm³/mol. The maximum Gasteiger partial charge on any atom is 0.273 e. The SMILES string of the molecule is CCNCC1CCN(C(=O)c2nc(-c3ccco3)sc2C)CC1. The number of nitrogens with zero attached hydrogens (tertiary/aromatic N) is 2. The van der Waals surface area contributed by atoms with Crippen molar-refractivity contribution < 1.29 is 9.21 Å². The third-order valence-corrected chi connectivity index (χ3v) is 5.30. The number of thiazole rings is 1. The van der Waals surface area contributed by atoms with E-state index in [0.717, 1.165) is 54.7 Å². The molecule has 1 saturated heterocycles. The van der Waals surface area contributed by atoms with Crippen molar-refractivity contribution in [2.75, 3.05) is 26.2 Å². The molecule has 0 unspecified atom stereocenters. The second kappa shape index (κ2) is 7.27. The smallest absolute Gasteiger partial charge is 0.273 e. The Balaban J connectivity index is 1.65. The standard InChI is InChI=1S/C17H23N3O2S/c1-3-18-11-13-6-8-20(9-7-13)17(21)15-12(2)23-16(19-15)14-5-4-10-22-14/h4-5,10,13,18H,3,6-9,11H2,1-2H3. The minimum atomic E-state index is 0.0541. The Morgan fingerprint density at radius 1 is 1.48 bits per heavy atom. The lowest BCUT2D eigenvalue weighted by atomic mass is 9.96. The summed E-state index contributed by atoms with van der Waals surface area (Å²) in [6, 6.07) is 3.71. The number of carbonyl (C=O) groups excluding carboxylic acids is 1. The molecule has 23 heavy (non-hydrogen) atoms. The third kappa shape index (κ3) is 3.64. The Labute approximate surface area is 140 Å². The first-order valence-electron chi connectivity index (χ1n) is 8.20. The molecule has 1 aliphatic heterocycles. The summed E-state index contributed by atoms with van der Waals surface area (Å²) in [5.41, 5.74) is 0.575. The maximum absolute atomic E-state index is 12.7. The van der Waals surface area contributed by atoms with Crippen LogP contribution in [0.3, 0.4) is 0 Å². The molecule has 0 aliphatic carbocycles. The van der Waals surface area contributed by atoms with Gasteiger partial charge in [0.25, 0.3) is 5.91 Å². The number of rotatable bonds is 5. The van der Waals surface area contributed by atoms with Gasteiger partial charge in [0.2, 0.25) is 0 Å². The van der Waals surface area contributed by atoms with Crippen molar-refractivity contribution in [3.63, 3.8) is 0 Å². The van der Waals surface area contributed by atoms with Crippen LogP contribution in [0.1, 0.15) is 35.1 Å². The largest absolute Gasteiger partial charge is 0.462 e. The van der Waals surface area contributed by atoms with Crippen LogP contribution in [0, 0.1) is 12.8 Å². The first-order chi connectivity index (χ1) is 11.2. The lowest BCUT2D eigenvalue weighted by Crippen LogP contribution is -2.41. The summed E-state index contributed by atoms with van der Waals surface area (Å²) in [5, 5.41) is 4.17. The van der Waals surface area contributed by atoms with Crippen molar-refractivity contribution in [1.82, 2.24) is 15.2 Å². The Morgan fingerprint density at radius 2 is 2.26 bits per heavy atom. The fourth-order valence-corrected chi connectivity index (χ4v) is 3.81. The average molecular weight is 333 g/mol. The number of hydrogen-bond donors (Lipinski definition) is 1. The first kappa shape index (κ1) is 16.2. The van der Waals surface area contributed by atoms with Crippen LogP contribution in [0.25, 0.3) is 10.8 Å². The van der Waals surface area contributed by atoms with Crippen LogP contribution in [0.5, 0.6) is 0 Å². The number of aromatic nitrogens is 1. The number of nitrogens with one attached hydrogen (secondary N) is 1. The molecule has 2 aromatic heterocycles. The second-order valence-electron chi connectivity index (χ2n) is 5.94. The zero-order valence-electron chi connectivity index (χ0n) is 13.7. The van der Waals surface area contributed by atoms with Crippen molar-refractivity contribution in [2.24, 2.45) is 5.92 Å². The molecular formula is C17H23N3O2S. The topological polar surface area (TPSA) is 58.4 Å². The minimum Gasteiger partial charge on any atom is -0.462 e. The molecule has 5 nitrogen and oxygen atoms in total. The highest BCUT2D eigenvalue weighted by Gasteiger charge is 2.26. The highest BCUT2D eigenvalue weighted by Crippen LogP contribution is 2.29. The quantitative estimate of drug-likeness (QED) is 0.913. The van der Waals surface area contributed by atoms with Gasteiger partial charge in [-0.2, -0.15) is 0 Å². The fraction of sp³-hybridized carbons (Fsp3) is 0.529. The molecule has 3 rings (SSSR count). The summed E-state index contributed by atoms with van der Waals surface area (Å²) in [7, 11) is 0. The van der Waals surface area contributed by atoms with Gasteiger partial charge >= 0.3 is 0 Å². The Kier molecular flexibility index (Phi) is 5.13. The Hall–Kier alpha value is -1.66. The Morgan fingerprint density at radius 3 is 2.91 bits per heavy atom. The number of likely N-dealkylation sites (tertiary alicyclic amines) is 1. The number of piperidine rings is 1. The lowest BCUT2D eigenvalue weighted by molar-refractivity contribution is 0.0684. The molecule has 0 spiro atoms. The van der Waals surface area contributed by atoms with Crippen LogP contribution in [0.2, 0.25) is 0 Å². The van der Waals surface area contributed by atoms with E-state index in [4.69, 9.17) is 4.42 Å². The molecule has 124 valence electrons. The Bertz CT molecular complexity index is 643. The molecule has 1 amide bonds. The number of furan rings is 1. The number of aryl methyl sites for hydroxylation is 1. The number of hydrogen-bond acceptors (Lipinski definition) is 5. The van der Waals surface area contributed by atoms with Crippen molar-refractivity contribution >= 4 is 17.2 Å². The average Bonchev–Trinajstić information content (AvgIpc) is 3.22. The number of amides is 1. The molecule has 0 radical (unpaired) electrons. The summed E-state index contributed by atoms with van der Waals surface area (Å²) in [6.45, 7) is 7.78. The van der Waals surface area contributed by atoms with Gasteiger partial charge in [-0.15, -0.1) is 11.3 Å². The summed E-state index contributed by atoms with van der Waals surface area (Å²) in [6.07, 6.45) is 3.75. The zero-order chi connectivity index (χ0) is 16.2. The molecule has 1 fully saturated rings. The van der Waals surface area contributed by atoms with E-state index in [-0.39, 0.29) is 5.91 Å².